The first-order valence-electron chi connectivity index (χ1n) is 11.1. The Hall–Kier alpha value is -2.68. The first-order chi connectivity index (χ1) is 14.8. The summed E-state index contributed by atoms with van der Waals surface area (Å²) in [5, 5.41) is 0. The van der Waals surface area contributed by atoms with E-state index in [4.69, 9.17) is 4.74 Å². The molecule has 0 aliphatic carbocycles. The van der Waals surface area contributed by atoms with E-state index in [-0.39, 0.29) is 36.6 Å². The van der Waals surface area contributed by atoms with Crippen LogP contribution in [0.25, 0.3) is 0 Å². The molecule has 0 amide bonds. The maximum absolute atomic E-state index is 13.0. The summed E-state index contributed by atoms with van der Waals surface area (Å²) < 4.78 is 5.47. The van der Waals surface area contributed by atoms with Crippen LogP contribution in [0.5, 0.6) is 0 Å². The number of hydrogen-bond acceptors (Lipinski definition) is 3. The third kappa shape index (κ3) is 10.3. The van der Waals surface area contributed by atoms with Gasteiger partial charge in [-0.15, -0.1) is 0 Å². The number of hydrogen-bond donors (Lipinski definition) is 0. The van der Waals surface area contributed by atoms with E-state index in [0.29, 0.717) is 5.56 Å². The van der Waals surface area contributed by atoms with Crippen molar-refractivity contribution in [3.05, 3.63) is 83.0 Å². The van der Waals surface area contributed by atoms with Crippen LogP contribution in [0, 0.1) is 11.8 Å². The average Bonchev–Trinajstić information content (AvgIpc) is 2.75. The number of rotatable bonds is 12. The molecule has 0 aliphatic rings. The number of allylic oxidation sites excluding steroid dienone is 7. The molecule has 0 N–H and O–H groups in total. The van der Waals surface area contributed by atoms with E-state index >= 15 is 0 Å². The van der Waals surface area contributed by atoms with Crippen molar-refractivity contribution in [1.82, 2.24) is 0 Å². The van der Waals surface area contributed by atoms with Crippen molar-refractivity contribution in [2.75, 3.05) is 6.61 Å². The zero-order valence-electron chi connectivity index (χ0n) is 20.0. The van der Waals surface area contributed by atoms with Gasteiger partial charge in [0.1, 0.15) is 6.61 Å². The molecular formula is C28H38O3. The lowest BCUT2D eigenvalue weighted by Crippen LogP contribution is -2.25. The van der Waals surface area contributed by atoms with Gasteiger partial charge in [0.2, 0.25) is 0 Å². The summed E-state index contributed by atoms with van der Waals surface area (Å²) in [7, 11) is 0. The molecule has 0 bridgehead atoms. The van der Waals surface area contributed by atoms with Gasteiger partial charge in [-0.2, -0.15) is 0 Å². The molecule has 1 aromatic carbocycles. The van der Waals surface area contributed by atoms with Gasteiger partial charge < -0.3 is 4.74 Å². The van der Waals surface area contributed by atoms with E-state index in [1.54, 1.807) is 0 Å². The van der Waals surface area contributed by atoms with E-state index in [1.807, 2.05) is 75.4 Å². The van der Waals surface area contributed by atoms with Crippen molar-refractivity contribution in [3.8, 4) is 0 Å². The predicted octanol–water partition coefficient (Wildman–Crippen LogP) is 7.27. The third-order valence-electron chi connectivity index (χ3n) is 5.37. The Morgan fingerprint density at radius 1 is 1.03 bits per heavy atom. The molecule has 1 rings (SSSR count). The molecule has 0 saturated heterocycles. The highest BCUT2D eigenvalue weighted by molar-refractivity contribution is 5.98. The van der Waals surface area contributed by atoms with Crippen molar-refractivity contribution in [2.45, 2.75) is 60.8 Å². The van der Waals surface area contributed by atoms with Crippen molar-refractivity contribution >= 4 is 11.8 Å². The molecule has 0 heterocycles. The summed E-state index contributed by atoms with van der Waals surface area (Å²) in [4.78, 5) is 25.5. The minimum atomic E-state index is -0.321. The van der Waals surface area contributed by atoms with Gasteiger partial charge in [-0.05, 0) is 53.5 Å². The topological polar surface area (TPSA) is 43.4 Å². The third-order valence-corrected chi connectivity index (χ3v) is 5.37. The first kappa shape index (κ1) is 26.4. The minimum Gasteiger partial charge on any atom is -0.461 e. The predicted molar refractivity (Wildman–Crippen MR) is 130 cm³/mol. The van der Waals surface area contributed by atoms with Gasteiger partial charge in [-0.1, -0.05) is 78.3 Å². The summed E-state index contributed by atoms with van der Waals surface area (Å²) in [6.45, 7) is 12.3. The van der Waals surface area contributed by atoms with Crippen LogP contribution in [0.1, 0.15) is 71.2 Å². The van der Waals surface area contributed by atoms with E-state index in [1.165, 1.54) is 11.1 Å². The smallest absolute Gasteiger partial charge is 0.306 e. The standard InChI is InChI=1S/C28H38O3/c1-7-8-15-23(5)26(24(6)28(30)25-16-10-9-11-17-25)20-27(29)31-19-18-22(4)14-12-13-21(2)3/h7-11,13,15-18,24,26H,12,14,19-20H2,1-6H3/b8-7-,22-18+,23-15+. The van der Waals surface area contributed by atoms with Crippen LogP contribution in [0.2, 0.25) is 0 Å². The highest BCUT2D eigenvalue weighted by Crippen LogP contribution is 2.28. The van der Waals surface area contributed by atoms with Gasteiger partial charge in [0, 0.05) is 17.4 Å². The lowest BCUT2D eigenvalue weighted by atomic mass is 9.80. The molecular weight excluding hydrogens is 384 g/mol. The molecule has 3 heteroatoms. The Morgan fingerprint density at radius 3 is 2.32 bits per heavy atom. The van der Waals surface area contributed by atoms with E-state index in [0.717, 1.165) is 18.4 Å². The Morgan fingerprint density at radius 2 is 1.71 bits per heavy atom. The lowest BCUT2D eigenvalue weighted by Gasteiger charge is -2.23. The largest absolute Gasteiger partial charge is 0.461 e. The fraction of sp³-hybridized carbons (Fsp3) is 0.429. The Labute approximate surface area is 188 Å². The van der Waals surface area contributed by atoms with Crippen LogP contribution in [0.3, 0.4) is 0 Å². The van der Waals surface area contributed by atoms with Gasteiger partial charge >= 0.3 is 5.97 Å². The number of ether oxygens (including phenoxy) is 1. The second kappa shape index (κ2) is 14.3. The molecule has 2 unspecified atom stereocenters. The number of ketones is 1. The molecule has 0 fully saturated rings. The monoisotopic (exact) mass is 422 g/mol. The number of esters is 1. The Kier molecular flexibility index (Phi) is 12.2. The zero-order chi connectivity index (χ0) is 23.2. The summed E-state index contributed by atoms with van der Waals surface area (Å²) in [5.41, 5.74) is 4.19. The molecule has 0 aromatic heterocycles. The highest BCUT2D eigenvalue weighted by Gasteiger charge is 2.28. The van der Waals surface area contributed by atoms with Gasteiger partial charge in [-0.3, -0.25) is 9.59 Å². The number of carbonyl (C=O) groups excluding carboxylic acids is 2. The molecule has 3 nitrogen and oxygen atoms in total. The molecule has 168 valence electrons. The van der Waals surface area contributed by atoms with Crippen LogP contribution < -0.4 is 0 Å². The Balaban J connectivity index is 2.80. The quantitative estimate of drug-likeness (QED) is 0.154. The normalized spacial score (nSPS) is 14.3. The van der Waals surface area contributed by atoms with Crippen LogP contribution >= 0.6 is 0 Å². The van der Waals surface area contributed by atoms with E-state index in [2.05, 4.69) is 26.8 Å². The molecule has 31 heavy (non-hydrogen) atoms. The van der Waals surface area contributed by atoms with Gasteiger partial charge in [0.05, 0.1) is 6.42 Å². The van der Waals surface area contributed by atoms with Crippen molar-refractivity contribution in [3.63, 3.8) is 0 Å². The van der Waals surface area contributed by atoms with Gasteiger partial charge in [0.25, 0.3) is 0 Å². The fourth-order valence-corrected chi connectivity index (χ4v) is 3.36. The first-order valence-corrected chi connectivity index (χ1v) is 11.1. The molecule has 0 saturated carbocycles. The van der Waals surface area contributed by atoms with E-state index in [9.17, 15) is 9.59 Å². The maximum Gasteiger partial charge on any atom is 0.306 e. The van der Waals surface area contributed by atoms with Gasteiger partial charge in [0.15, 0.2) is 5.78 Å². The molecule has 0 spiro atoms. The summed E-state index contributed by atoms with van der Waals surface area (Å²) >= 11 is 0. The Bertz CT molecular complexity index is 821. The fourth-order valence-electron chi connectivity index (χ4n) is 3.36. The molecule has 0 aliphatic heterocycles. The van der Waals surface area contributed by atoms with Crippen LogP contribution in [-0.2, 0) is 9.53 Å². The molecule has 0 radical (unpaired) electrons. The van der Waals surface area contributed by atoms with Crippen LogP contribution in [-0.4, -0.2) is 18.4 Å². The average molecular weight is 423 g/mol. The SMILES string of the molecule is C/C=C\C=C(/C)C(CC(=O)OC/C=C(\C)CCC=C(C)C)C(C)C(=O)c1ccccc1. The summed E-state index contributed by atoms with van der Waals surface area (Å²) in [6, 6.07) is 9.25. The second-order valence-electron chi connectivity index (χ2n) is 8.32. The van der Waals surface area contributed by atoms with Crippen molar-refractivity contribution < 1.29 is 14.3 Å². The minimum absolute atomic E-state index is 0.0432. The van der Waals surface area contributed by atoms with E-state index < -0.39 is 0 Å². The van der Waals surface area contributed by atoms with Gasteiger partial charge in [-0.25, -0.2) is 0 Å². The number of Topliss-reactive ketones (excluding diaryl/α,β-unsaturated/α-hetero) is 1. The molecule has 2 atom stereocenters. The van der Waals surface area contributed by atoms with Crippen LogP contribution in [0.15, 0.2) is 77.4 Å². The van der Waals surface area contributed by atoms with Crippen molar-refractivity contribution in [2.24, 2.45) is 11.8 Å². The zero-order valence-corrected chi connectivity index (χ0v) is 20.0. The lowest BCUT2D eigenvalue weighted by molar-refractivity contribution is -0.143. The van der Waals surface area contributed by atoms with Crippen molar-refractivity contribution in [1.29, 1.82) is 0 Å². The maximum atomic E-state index is 13.0. The second-order valence-corrected chi connectivity index (χ2v) is 8.32. The molecule has 1 aromatic rings. The number of benzene rings is 1. The number of carbonyl (C=O) groups is 2. The summed E-state index contributed by atoms with van der Waals surface area (Å²) in [6.07, 6.45) is 12.2. The van der Waals surface area contributed by atoms with Crippen LogP contribution in [0.4, 0.5) is 0 Å². The summed E-state index contributed by atoms with van der Waals surface area (Å²) in [5.74, 6) is -0.766. The highest BCUT2D eigenvalue weighted by atomic mass is 16.5.